The van der Waals surface area contributed by atoms with Crippen LogP contribution in [0.3, 0.4) is 0 Å². The van der Waals surface area contributed by atoms with Crippen molar-refractivity contribution in [3.05, 3.63) is 68.3 Å². The Labute approximate surface area is 177 Å². The molecule has 30 heavy (non-hydrogen) atoms. The Morgan fingerprint density at radius 2 is 1.87 bits per heavy atom. The van der Waals surface area contributed by atoms with Crippen LogP contribution < -0.4 is 21.3 Å². The highest BCUT2D eigenvalue weighted by molar-refractivity contribution is 6.31. The van der Waals surface area contributed by atoms with Gasteiger partial charge in [-0.1, -0.05) is 11.6 Å². The first-order valence-electron chi connectivity index (χ1n) is 9.40. The molecule has 1 heterocycles. The minimum atomic E-state index is -0.638. The molecule has 158 valence electrons. The van der Waals surface area contributed by atoms with E-state index in [1.807, 2.05) is 6.92 Å². The van der Waals surface area contributed by atoms with Crippen molar-refractivity contribution < 1.29 is 14.3 Å². The van der Waals surface area contributed by atoms with Crippen LogP contribution in [-0.4, -0.2) is 41.9 Å². The quantitative estimate of drug-likeness (QED) is 0.550. The van der Waals surface area contributed by atoms with Gasteiger partial charge in [0, 0.05) is 18.7 Å². The third-order valence-corrected chi connectivity index (χ3v) is 4.68. The highest BCUT2D eigenvalue weighted by atomic mass is 35.5. The molecular formula is C21H22ClN3O5. The Hall–Kier alpha value is -3.10. The van der Waals surface area contributed by atoms with E-state index in [9.17, 15) is 14.4 Å². The zero-order valence-corrected chi connectivity index (χ0v) is 17.4. The van der Waals surface area contributed by atoms with E-state index < -0.39 is 11.2 Å². The molecule has 8 nitrogen and oxygen atoms in total. The molecule has 0 saturated carbocycles. The number of hydrogen-bond acceptors (Lipinski definition) is 5. The summed E-state index contributed by atoms with van der Waals surface area (Å²) < 4.78 is 12.6. The normalized spacial score (nSPS) is 10.9. The number of halogens is 1. The van der Waals surface area contributed by atoms with Crippen LogP contribution in [0.5, 0.6) is 5.75 Å². The number of aromatic nitrogens is 2. The van der Waals surface area contributed by atoms with E-state index in [4.69, 9.17) is 21.1 Å². The topological polar surface area (TPSA) is 91.6 Å². The van der Waals surface area contributed by atoms with E-state index in [-0.39, 0.29) is 17.8 Å². The zero-order chi connectivity index (χ0) is 21.7. The second-order valence-corrected chi connectivity index (χ2v) is 6.88. The smallest absolute Gasteiger partial charge is 0.336 e. The Balaban J connectivity index is 2.14. The first-order valence-corrected chi connectivity index (χ1v) is 9.78. The summed E-state index contributed by atoms with van der Waals surface area (Å²) >= 11 is 6.08. The largest absolute Gasteiger partial charge is 0.494 e. The minimum Gasteiger partial charge on any atom is -0.494 e. The van der Waals surface area contributed by atoms with Crippen LogP contribution >= 0.6 is 11.6 Å². The van der Waals surface area contributed by atoms with Crippen LogP contribution in [0.1, 0.15) is 6.92 Å². The van der Waals surface area contributed by atoms with E-state index in [1.54, 1.807) is 36.4 Å². The maximum absolute atomic E-state index is 13.2. The van der Waals surface area contributed by atoms with Gasteiger partial charge in [0.1, 0.15) is 12.3 Å². The van der Waals surface area contributed by atoms with Crippen molar-refractivity contribution in [2.75, 3.05) is 26.9 Å². The average molecular weight is 432 g/mol. The van der Waals surface area contributed by atoms with Gasteiger partial charge in [0.2, 0.25) is 5.91 Å². The number of nitrogens with one attached hydrogen (secondary N) is 1. The van der Waals surface area contributed by atoms with Crippen molar-refractivity contribution in [1.29, 1.82) is 0 Å². The van der Waals surface area contributed by atoms with Crippen LogP contribution in [0.2, 0.25) is 5.02 Å². The predicted octanol–water partition coefficient (Wildman–Crippen LogP) is 1.97. The van der Waals surface area contributed by atoms with Crippen molar-refractivity contribution >= 4 is 28.4 Å². The Kier molecular flexibility index (Phi) is 6.91. The lowest BCUT2D eigenvalue weighted by Gasteiger charge is -2.15. The number of fused-ring (bicyclic) bond motifs is 1. The molecule has 0 spiro atoms. The van der Waals surface area contributed by atoms with Gasteiger partial charge in [-0.25, -0.2) is 9.36 Å². The molecule has 1 aromatic heterocycles. The highest BCUT2D eigenvalue weighted by Crippen LogP contribution is 2.18. The molecule has 0 unspecified atom stereocenters. The number of carbonyl (C=O) groups is 1. The summed E-state index contributed by atoms with van der Waals surface area (Å²) in [6, 6.07) is 11.2. The van der Waals surface area contributed by atoms with Crippen LogP contribution in [0.25, 0.3) is 16.6 Å². The lowest BCUT2D eigenvalue weighted by molar-refractivity contribution is -0.121. The molecule has 2 aromatic carbocycles. The number of hydrogen-bond donors (Lipinski definition) is 1. The van der Waals surface area contributed by atoms with Crippen LogP contribution in [-0.2, 0) is 16.1 Å². The Morgan fingerprint density at radius 3 is 2.53 bits per heavy atom. The van der Waals surface area contributed by atoms with Crippen molar-refractivity contribution in [1.82, 2.24) is 14.5 Å². The van der Waals surface area contributed by atoms with Crippen LogP contribution in [0.4, 0.5) is 0 Å². The summed E-state index contributed by atoms with van der Waals surface area (Å²) in [5.41, 5.74) is -0.465. The lowest BCUT2D eigenvalue weighted by atomic mass is 10.2. The summed E-state index contributed by atoms with van der Waals surface area (Å²) in [5, 5.41) is 3.30. The molecule has 0 saturated heterocycles. The van der Waals surface area contributed by atoms with E-state index >= 15 is 0 Å². The summed E-state index contributed by atoms with van der Waals surface area (Å²) in [6.07, 6.45) is 0. The summed E-state index contributed by atoms with van der Waals surface area (Å²) in [5.74, 6) is 0.243. The van der Waals surface area contributed by atoms with Crippen molar-refractivity contribution in [2.45, 2.75) is 13.5 Å². The minimum absolute atomic E-state index is 0.267. The molecule has 0 radical (unpaired) electrons. The molecule has 9 heteroatoms. The van der Waals surface area contributed by atoms with E-state index in [1.165, 1.54) is 17.7 Å². The summed E-state index contributed by atoms with van der Waals surface area (Å²) in [6.45, 7) is 2.75. The fourth-order valence-corrected chi connectivity index (χ4v) is 3.24. The number of methoxy groups -OCH3 is 1. The van der Waals surface area contributed by atoms with Gasteiger partial charge in [0.15, 0.2) is 0 Å². The molecule has 1 N–H and O–H groups in total. The van der Waals surface area contributed by atoms with Gasteiger partial charge >= 0.3 is 5.69 Å². The number of rotatable bonds is 8. The maximum atomic E-state index is 13.2. The summed E-state index contributed by atoms with van der Waals surface area (Å²) in [7, 11) is 1.53. The summed E-state index contributed by atoms with van der Waals surface area (Å²) in [4.78, 5) is 38.7. The molecule has 0 atom stereocenters. The molecule has 1 amide bonds. The Morgan fingerprint density at radius 1 is 1.13 bits per heavy atom. The van der Waals surface area contributed by atoms with Crippen molar-refractivity contribution in [3.63, 3.8) is 0 Å². The number of nitrogens with zero attached hydrogens (tertiary/aromatic N) is 2. The maximum Gasteiger partial charge on any atom is 0.336 e. The third-order valence-electron chi connectivity index (χ3n) is 4.44. The molecule has 0 aliphatic rings. The van der Waals surface area contributed by atoms with Gasteiger partial charge in [-0.3, -0.25) is 14.2 Å². The Bertz CT molecular complexity index is 1170. The van der Waals surface area contributed by atoms with Crippen LogP contribution in [0, 0.1) is 0 Å². The fraction of sp³-hybridized carbons (Fsp3) is 0.286. The van der Waals surface area contributed by atoms with Gasteiger partial charge in [0.05, 0.1) is 29.8 Å². The first kappa shape index (κ1) is 21.6. The standard InChI is InChI=1S/C21H22ClN3O5/c1-3-30-16-7-5-15(6-8-16)25-20(27)17-9-4-14(22)12-18(17)24(21(25)28)13-19(26)23-10-11-29-2/h4-9,12H,3,10-11,13H2,1-2H3,(H,23,26). The number of benzene rings is 2. The molecule has 3 aromatic rings. The van der Waals surface area contributed by atoms with Crippen molar-refractivity contribution in [3.8, 4) is 11.4 Å². The number of amides is 1. The van der Waals surface area contributed by atoms with Gasteiger partial charge in [-0.15, -0.1) is 0 Å². The second-order valence-electron chi connectivity index (χ2n) is 6.44. The molecule has 0 fully saturated rings. The number of carbonyl (C=O) groups excluding carboxylic acids is 1. The molecular weight excluding hydrogens is 410 g/mol. The molecule has 3 rings (SSSR count). The van der Waals surface area contributed by atoms with E-state index in [0.29, 0.717) is 41.7 Å². The van der Waals surface area contributed by atoms with E-state index in [0.717, 1.165) is 4.57 Å². The fourth-order valence-electron chi connectivity index (χ4n) is 3.07. The first-order chi connectivity index (χ1) is 14.5. The zero-order valence-electron chi connectivity index (χ0n) is 16.7. The van der Waals surface area contributed by atoms with Gasteiger partial charge in [-0.2, -0.15) is 0 Å². The SMILES string of the molecule is CCOc1ccc(-n2c(=O)c3ccc(Cl)cc3n(CC(=O)NCCOC)c2=O)cc1. The lowest BCUT2D eigenvalue weighted by Crippen LogP contribution is -2.42. The van der Waals surface area contributed by atoms with Gasteiger partial charge in [-0.05, 0) is 49.4 Å². The van der Waals surface area contributed by atoms with Crippen molar-refractivity contribution in [2.24, 2.45) is 0 Å². The number of ether oxygens (including phenoxy) is 2. The van der Waals surface area contributed by atoms with Gasteiger partial charge in [0.25, 0.3) is 5.56 Å². The average Bonchev–Trinajstić information content (AvgIpc) is 2.73. The molecule has 0 aliphatic heterocycles. The van der Waals surface area contributed by atoms with Crippen LogP contribution in [0.15, 0.2) is 52.1 Å². The van der Waals surface area contributed by atoms with E-state index in [2.05, 4.69) is 5.32 Å². The monoisotopic (exact) mass is 431 g/mol. The predicted molar refractivity (Wildman–Crippen MR) is 115 cm³/mol. The van der Waals surface area contributed by atoms with Gasteiger partial charge < -0.3 is 14.8 Å². The second kappa shape index (κ2) is 9.60. The molecule has 0 aliphatic carbocycles. The molecule has 0 bridgehead atoms. The highest BCUT2D eigenvalue weighted by Gasteiger charge is 2.17. The third kappa shape index (κ3) is 4.55.